The van der Waals surface area contributed by atoms with Crippen molar-refractivity contribution in [3.63, 3.8) is 0 Å². The first-order chi connectivity index (χ1) is 16.9. The van der Waals surface area contributed by atoms with Gasteiger partial charge in [0.2, 0.25) is 15.9 Å². The maximum atomic E-state index is 13.9. The molecule has 1 aliphatic rings. The Hall–Kier alpha value is -3.52. The number of fused-ring (bicyclic) bond motifs is 1. The number of H-pyrrole nitrogens is 1. The van der Waals surface area contributed by atoms with E-state index < -0.39 is 27.5 Å². The molecule has 190 valence electrons. The van der Waals surface area contributed by atoms with Gasteiger partial charge in [0.05, 0.1) is 17.5 Å². The second-order valence-corrected chi connectivity index (χ2v) is 10.6. The predicted octanol–water partition coefficient (Wildman–Crippen LogP) is 3.21. The lowest BCUT2D eigenvalue weighted by atomic mass is 9.98. The van der Waals surface area contributed by atoms with Crippen molar-refractivity contribution >= 4 is 15.7 Å². The van der Waals surface area contributed by atoms with E-state index in [4.69, 9.17) is 4.42 Å². The largest absolute Gasteiger partial charge is 0.433 e. The lowest BCUT2D eigenvalue weighted by Gasteiger charge is -2.28. The summed E-state index contributed by atoms with van der Waals surface area (Å²) in [5, 5.41) is 10.1. The molecule has 0 radical (unpaired) electrons. The van der Waals surface area contributed by atoms with Crippen LogP contribution in [-0.4, -0.2) is 56.9 Å². The van der Waals surface area contributed by atoms with Crippen LogP contribution < -0.4 is 5.56 Å². The molecule has 3 aromatic heterocycles. The fourth-order valence-electron chi connectivity index (χ4n) is 4.44. The van der Waals surface area contributed by atoms with E-state index in [1.165, 1.54) is 23.4 Å². The number of halogens is 3. The normalized spacial score (nSPS) is 16.1. The zero-order valence-electron chi connectivity index (χ0n) is 19.2. The molecule has 14 heteroatoms. The number of alkyl halides is 3. The molecule has 0 saturated carbocycles. The number of aryl methyl sites for hydroxylation is 1. The molecule has 0 atom stereocenters. The van der Waals surface area contributed by atoms with Crippen LogP contribution in [0.2, 0.25) is 0 Å². The molecule has 0 amide bonds. The predicted molar refractivity (Wildman–Crippen MR) is 123 cm³/mol. The van der Waals surface area contributed by atoms with Crippen LogP contribution in [-0.2, 0) is 16.2 Å². The van der Waals surface area contributed by atoms with E-state index >= 15 is 0 Å². The number of aromatic amines is 1. The Kier molecular flexibility index (Phi) is 5.75. The zero-order chi connectivity index (χ0) is 25.8. The molecule has 0 bridgehead atoms. The highest BCUT2D eigenvalue weighted by atomic mass is 32.2. The first kappa shape index (κ1) is 24.2. The minimum Gasteiger partial charge on any atom is -0.420 e. The molecule has 0 aliphatic carbocycles. The van der Waals surface area contributed by atoms with Gasteiger partial charge >= 0.3 is 6.18 Å². The SMILES string of the molecule is Cc1nc2c(-c3ccccc3)c(C(F)(F)F)[nH]n2c(=O)c1-c1nnc(C2CCN(S(C)(=O)=O)CC2)o1. The average molecular weight is 523 g/mol. The molecule has 0 spiro atoms. The van der Waals surface area contributed by atoms with Gasteiger partial charge in [-0.05, 0) is 25.3 Å². The van der Waals surface area contributed by atoms with Gasteiger partial charge in [0.1, 0.15) is 11.3 Å². The van der Waals surface area contributed by atoms with E-state index in [1.807, 2.05) is 0 Å². The number of nitrogens with zero attached hydrogens (tertiary/aromatic N) is 5. The lowest BCUT2D eigenvalue weighted by molar-refractivity contribution is -0.140. The van der Waals surface area contributed by atoms with E-state index in [9.17, 15) is 26.4 Å². The molecular formula is C22H21F3N6O4S. The highest BCUT2D eigenvalue weighted by molar-refractivity contribution is 7.88. The number of sulfonamides is 1. The summed E-state index contributed by atoms with van der Waals surface area (Å²) in [6.45, 7) is 2.07. The second-order valence-electron chi connectivity index (χ2n) is 8.64. The van der Waals surface area contributed by atoms with Gasteiger partial charge in [-0.2, -0.15) is 17.7 Å². The van der Waals surface area contributed by atoms with Crippen LogP contribution in [0.25, 0.3) is 28.2 Å². The Bertz CT molecular complexity index is 1600. The summed E-state index contributed by atoms with van der Waals surface area (Å²) in [4.78, 5) is 17.6. The van der Waals surface area contributed by atoms with Crippen LogP contribution in [0.15, 0.2) is 39.5 Å². The number of benzene rings is 1. The molecule has 1 N–H and O–H groups in total. The van der Waals surface area contributed by atoms with E-state index in [0.29, 0.717) is 25.9 Å². The van der Waals surface area contributed by atoms with Crippen LogP contribution in [0.5, 0.6) is 0 Å². The third-order valence-corrected chi connectivity index (χ3v) is 7.54. The Morgan fingerprint density at radius 2 is 1.75 bits per heavy atom. The molecule has 5 rings (SSSR count). The molecule has 10 nitrogen and oxygen atoms in total. The highest BCUT2D eigenvalue weighted by Gasteiger charge is 2.39. The molecule has 1 aromatic carbocycles. The maximum absolute atomic E-state index is 13.9. The molecular weight excluding hydrogens is 501 g/mol. The van der Waals surface area contributed by atoms with Crippen LogP contribution in [0.3, 0.4) is 0 Å². The Morgan fingerprint density at radius 3 is 2.36 bits per heavy atom. The lowest BCUT2D eigenvalue weighted by Crippen LogP contribution is -2.37. The summed E-state index contributed by atoms with van der Waals surface area (Å²) in [6.07, 6.45) is -2.71. The summed E-state index contributed by atoms with van der Waals surface area (Å²) < 4.78 is 73.0. The third kappa shape index (κ3) is 4.19. The smallest absolute Gasteiger partial charge is 0.420 e. The Morgan fingerprint density at radius 1 is 1.08 bits per heavy atom. The number of piperidine rings is 1. The van der Waals surface area contributed by atoms with Gasteiger partial charge in [0, 0.05) is 19.0 Å². The van der Waals surface area contributed by atoms with Gasteiger partial charge in [-0.3, -0.25) is 9.89 Å². The minimum absolute atomic E-state index is 0.116. The molecule has 4 heterocycles. The third-order valence-electron chi connectivity index (χ3n) is 6.23. The maximum Gasteiger partial charge on any atom is 0.433 e. The topological polar surface area (TPSA) is 126 Å². The summed E-state index contributed by atoms with van der Waals surface area (Å²) in [7, 11) is -3.30. The van der Waals surface area contributed by atoms with E-state index in [1.54, 1.807) is 18.2 Å². The number of hydrogen-bond donors (Lipinski definition) is 1. The Labute approximate surface area is 202 Å². The quantitative estimate of drug-likeness (QED) is 0.436. The standard InChI is InChI=1S/C22H21F3N6O4S/c1-12-15(20-28-27-19(35-20)14-8-10-30(11-9-14)36(2,33)34)21(32)31-18(26-12)16(13-6-4-3-5-7-13)17(29-31)22(23,24)25/h3-7,14,29H,8-11H2,1-2H3. The van der Waals surface area contributed by atoms with Crippen molar-refractivity contribution in [1.29, 1.82) is 0 Å². The van der Waals surface area contributed by atoms with Crippen molar-refractivity contribution in [3.8, 4) is 22.6 Å². The van der Waals surface area contributed by atoms with Crippen LogP contribution in [0, 0.1) is 6.92 Å². The molecule has 1 fully saturated rings. The number of aromatic nitrogens is 5. The van der Waals surface area contributed by atoms with Gasteiger partial charge in [0.25, 0.3) is 11.4 Å². The van der Waals surface area contributed by atoms with Gasteiger partial charge in [-0.25, -0.2) is 17.7 Å². The fraction of sp³-hybridized carbons (Fsp3) is 0.364. The van der Waals surface area contributed by atoms with Crippen LogP contribution in [0.4, 0.5) is 13.2 Å². The van der Waals surface area contributed by atoms with Crippen LogP contribution >= 0.6 is 0 Å². The minimum atomic E-state index is -4.77. The summed E-state index contributed by atoms with van der Waals surface area (Å²) in [5.74, 6) is -0.144. The Balaban J connectivity index is 1.57. The molecule has 1 saturated heterocycles. The molecule has 36 heavy (non-hydrogen) atoms. The number of nitrogens with one attached hydrogen (secondary N) is 1. The average Bonchev–Trinajstić information content (AvgIpc) is 3.45. The van der Waals surface area contributed by atoms with Crippen molar-refractivity contribution in [3.05, 3.63) is 58.0 Å². The monoisotopic (exact) mass is 522 g/mol. The van der Waals surface area contributed by atoms with Crippen molar-refractivity contribution in [1.82, 2.24) is 29.1 Å². The van der Waals surface area contributed by atoms with Crippen LogP contribution in [0.1, 0.15) is 36.0 Å². The number of rotatable bonds is 4. The molecule has 1 aliphatic heterocycles. The summed E-state index contributed by atoms with van der Waals surface area (Å²) in [6, 6.07) is 7.88. The zero-order valence-corrected chi connectivity index (χ0v) is 20.0. The van der Waals surface area contributed by atoms with Crippen molar-refractivity contribution in [2.75, 3.05) is 19.3 Å². The molecule has 0 unspecified atom stereocenters. The van der Waals surface area contributed by atoms with Gasteiger partial charge in [-0.1, -0.05) is 30.3 Å². The molecule has 4 aromatic rings. The first-order valence-corrected chi connectivity index (χ1v) is 12.9. The van der Waals surface area contributed by atoms with E-state index in [0.717, 1.165) is 10.8 Å². The highest BCUT2D eigenvalue weighted by Crippen LogP contribution is 2.38. The van der Waals surface area contributed by atoms with Crippen molar-refractivity contribution in [2.24, 2.45) is 0 Å². The summed E-state index contributed by atoms with van der Waals surface area (Å²) >= 11 is 0. The van der Waals surface area contributed by atoms with E-state index in [-0.39, 0.29) is 45.7 Å². The number of hydrogen-bond acceptors (Lipinski definition) is 7. The van der Waals surface area contributed by atoms with Gasteiger partial charge < -0.3 is 4.42 Å². The van der Waals surface area contributed by atoms with Gasteiger partial charge in [0.15, 0.2) is 5.65 Å². The van der Waals surface area contributed by atoms with E-state index in [2.05, 4.69) is 20.3 Å². The fourth-order valence-corrected chi connectivity index (χ4v) is 5.32. The van der Waals surface area contributed by atoms with Crippen molar-refractivity contribution < 1.29 is 26.0 Å². The first-order valence-electron chi connectivity index (χ1n) is 11.0. The van der Waals surface area contributed by atoms with Gasteiger partial charge in [-0.15, -0.1) is 10.2 Å². The second kappa shape index (κ2) is 8.55. The summed E-state index contributed by atoms with van der Waals surface area (Å²) in [5.41, 5.74) is -2.05. The van der Waals surface area contributed by atoms with Crippen molar-refractivity contribution in [2.45, 2.75) is 31.9 Å².